The maximum absolute atomic E-state index is 13.7. The molecular formula is C47H52N8O6. The van der Waals surface area contributed by atoms with E-state index in [-0.39, 0.29) is 41.8 Å². The van der Waals surface area contributed by atoms with Gasteiger partial charge in [-0.25, -0.2) is 0 Å². The zero-order valence-corrected chi connectivity index (χ0v) is 35.1. The van der Waals surface area contributed by atoms with Gasteiger partial charge in [0.05, 0.1) is 11.1 Å². The third-order valence-electron chi connectivity index (χ3n) is 13.9. The topological polar surface area (TPSA) is 171 Å². The molecular weight excluding hydrogens is 773 g/mol. The molecule has 0 spiro atoms. The summed E-state index contributed by atoms with van der Waals surface area (Å²) in [7, 11) is 0. The number of imide groups is 1. The summed E-state index contributed by atoms with van der Waals surface area (Å²) < 4.78 is 6.62. The summed E-state index contributed by atoms with van der Waals surface area (Å²) in [6, 6.07) is 21.8. The van der Waals surface area contributed by atoms with Gasteiger partial charge < -0.3 is 29.7 Å². The Labute approximate surface area is 354 Å². The number of nitrogens with zero attached hydrogens (tertiary/aromatic N) is 5. The van der Waals surface area contributed by atoms with Crippen LogP contribution in [0, 0.1) is 28.1 Å². The summed E-state index contributed by atoms with van der Waals surface area (Å²) in [6.45, 7) is 15.4. The number of fused-ring (bicyclic) bond motifs is 2. The van der Waals surface area contributed by atoms with Crippen molar-refractivity contribution in [1.29, 1.82) is 5.26 Å². The number of nitrogens with one attached hydrogen (secondary N) is 3. The van der Waals surface area contributed by atoms with Crippen molar-refractivity contribution in [1.82, 2.24) is 25.4 Å². The van der Waals surface area contributed by atoms with E-state index in [1.165, 1.54) is 6.07 Å². The third-order valence-corrected chi connectivity index (χ3v) is 13.9. The van der Waals surface area contributed by atoms with Crippen molar-refractivity contribution in [3.05, 3.63) is 99.3 Å². The lowest BCUT2D eigenvalue weighted by molar-refractivity contribution is -0.163. The van der Waals surface area contributed by atoms with Crippen molar-refractivity contribution >= 4 is 45.9 Å². The van der Waals surface area contributed by atoms with Crippen LogP contribution in [0.25, 0.3) is 10.9 Å². The van der Waals surface area contributed by atoms with E-state index < -0.39 is 22.8 Å². The zero-order chi connectivity index (χ0) is 42.8. The summed E-state index contributed by atoms with van der Waals surface area (Å²) in [4.78, 5) is 74.7. The molecule has 0 radical (unpaired) electrons. The van der Waals surface area contributed by atoms with Crippen molar-refractivity contribution in [2.24, 2.45) is 16.7 Å². The number of rotatable bonds is 9. The molecule has 3 aromatic carbocycles. The molecule has 9 rings (SSSR count). The maximum atomic E-state index is 13.7. The Morgan fingerprint density at radius 3 is 2.33 bits per heavy atom. The fourth-order valence-corrected chi connectivity index (χ4v) is 10.9. The predicted molar refractivity (Wildman–Crippen MR) is 230 cm³/mol. The van der Waals surface area contributed by atoms with E-state index in [1.54, 1.807) is 23.1 Å². The predicted octanol–water partition coefficient (Wildman–Crippen LogP) is 4.42. The number of hydrogen-bond acceptors (Lipinski definition) is 10. The average Bonchev–Trinajstić information content (AvgIpc) is 3.85. The number of carbonyl (C=O) groups excluding carboxylic acids is 4. The summed E-state index contributed by atoms with van der Waals surface area (Å²) in [5, 5.41) is 15.9. The number of H-pyrrole nitrogens is 1. The van der Waals surface area contributed by atoms with Crippen molar-refractivity contribution in [3.8, 4) is 11.8 Å². The van der Waals surface area contributed by atoms with Crippen LogP contribution in [0.5, 0.6) is 5.75 Å². The van der Waals surface area contributed by atoms with Crippen LogP contribution in [-0.2, 0) is 16.1 Å². The van der Waals surface area contributed by atoms with Gasteiger partial charge >= 0.3 is 0 Å². The number of amides is 4. The molecule has 1 aliphatic carbocycles. The lowest BCUT2D eigenvalue weighted by Crippen LogP contribution is -2.74. The molecule has 4 fully saturated rings. The molecule has 5 heterocycles. The summed E-state index contributed by atoms with van der Waals surface area (Å²) >= 11 is 0. The quantitative estimate of drug-likeness (QED) is 0.206. The highest BCUT2D eigenvalue weighted by molar-refractivity contribution is 6.05. The number of carbonyl (C=O) groups is 4. The van der Waals surface area contributed by atoms with Crippen molar-refractivity contribution in [3.63, 3.8) is 0 Å². The minimum atomic E-state index is -0.611. The van der Waals surface area contributed by atoms with Crippen molar-refractivity contribution < 1.29 is 23.9 Å². The number of ether oxygens (including phenoxy) is 1. The van der Waals surface area contributed by atoms with Gasteiger partial charge in [0, 0.05) is 110 Å². The summed E-state index contributed by atoms with van der Waals surface area (Å²) in [6.07, 6.45) is 1.45. The molecule has 3 N–H and O–H groups in total. The van der Waals surface area contributed by atoms with Crippen molar-refractivity contribution in [2.45, 2.75) is 71.7 Å². The van der Waals surface area contributed by atoms with Gasteiger partial charge in [0.2, 0.25) is 17.4 Å². The van der Waals surface area contributed by atoms with Crippen LogP contribution in [0.15, 0.2) is 71.5 Å². The molecule has 0 bridgehead atoms. The molecule has 1 aromatic heterocycles. The van der Waals surface area contributed by atoms with E-state index in [4.69, 9.17) is 4.74 Å². The highest BCUT2D eigenvalue weighted by Crippen LogP contribution is 2.56. The van der Waals surface area contributed by atoms with Gasteiger partial charge in [0.1, 0.15) is 24.0 Å². The Balaban J connectivity index is 0.753. The Kier molecular flexibility index (Phi) is 10.1. The number of pyridine rings is 1. The first-order valence-corrected chi connectivity index (χ1v) is 21.3. The largest absolute Gasteiger partial charge is 0.488 e. The molecule has 4 amide bonds. The van der Waals surface area contributed by atoms with Gasteiger partial charge in [0.15, 0.2) is 0 Å². The van der Waals surface area contributed by atoms with Gasteiger partial charge in [-0.3, -0.25) is 34.2 Å². The molecule has 316 valence electrons. The Morgan fingerprint density at radius 2 is 1.61 bits per heavy atom. The van der Waals surface area contributed by atoms with E-state index >= 15 is 0 Å². The molecule has 1 unspecified atom stereocenters. The van der Waals surface area contributed by atoms with E-state index in [1.807, 2.05) is 36.4 Å². The van der Waals surface area contributed by atoms with Crippen LogP contribution in [0.1, 0.15) is 78.8 Å². The molecule has 4 aliphatic heterocycles. The molecule has 2 atom stereocenters. The van der Waals surface area contributed by atoms with E-state index in [9.17, 15) is 29.2 Å². The number of hydrogen-bond donors (Lipinski definition) is 3. The fraction of sp³-hybridized carbons (Fsp3) is 0.447. The average molecular weight is 825 g/mol. The lowest BCUT2D eigenvalue weighted by Gasteiger charge is -2.63. The zero-order valence-electron chi connectivity index (χ0n) is 35.1. The summed E-state index contributed by atoms with van der Waals surface area (Å²) in [5.41, 5.74) is 4.10. The molecule has 3 saturated heterocycles. The normalized spacial score (nSPS) is 24.6. The Bertz CT molecular complexity index is 2520. The Hall–Kier alpha value is -6.20. The number of aromatic amines is 1. The van der Waals surface area contributed by atoms with Crippen LogP contribution in [-0.4, -0.2) is 102 Å². The van der Waals surface area contributed by atoms with Crippen LogP contribution in [0.4, 0.5) is 11.4 Å². The SMILES string of the molecule is CC1(C)C(NC(=O)c2ccc(N3CCN(C[C@H]4CCN(c5ccc6c(c5)CN(C5CCC(=O)NC5=O)C6=O)C4)CC3)cc2)C(C)(C)C1Oc1ccc(C#N)c2[nH]c(=O)ccc12. The van der Waals surface area contributed by atoms with Gasteiger partial charge in [-0.05, 0) is 85.0 Å². The molecule has 5 aliphatic rings. The first-order chi connectivity index (χ1) is 29.2. The Morgan fingerprint density at radius 1 is 0.869 bits per heavy atom. The number of anilines is 2. The number of benzene rings is 3. The highest BCUT2D eigenvalue weighted by atomic mass is 16.5. The molecule has 61 heavy (non-hydrogen) atoms. The number of piperidine rings is 1. The van der Waals surface area contributed by atoms with Gasteiger partial charge in [-0.15, -0.1) is 0 Å². The minimum Gasteiger partial charge on any atom is -0.488 e. The van der Waals surface area contributed by atoms with Gasteiger partial charge in [-0.1, -0.05) is 27.7 Å². The lowest BCUT2D eigenvalue weighted by atomic mass is 9.49. The molecule has 4 aromatic rings. The van der Waals surface area contributed by atoms with Crippen molar-refractivity contribution in [2.75, 3.05) is 55.6 Å². The smallest absolute Gasteiger partial charge is 0.255 e. The second-order valence-corrected chi connectivity index (χ2v) is 18.6. The van der Waals surface area contributed by atoms with Crippen LogP contribution in [0.2, 0.25) is 0 Å². The van der Waals surface area contributed by atoms with E-state index in [0.717, 1.165) is 69.2 Å². The maximum Gasteiger partial charge on any atom is 0.255 e. The standard InChI is InChI=1S/C47H52N8O6/c1-46(2)44(47(3,4)45(46)61-37-14-7-30(24-48)40-35(37)12-15-38(56)49-40)51-41(58)29-5-8-32(9-6-29)53-21-19-52(20-22-53)25-28-17-18-54(26-28)33-10-11-34-31(23-33)27-55(43(34)60)36-13-16-39(57)50-42(36)59/h5-12,14-15,23,28,36,44-45H,13,16-22,25-27H2,1-4H3,(H,49,56)(H,51,58)(H,50,57,59)/t28-,36?,44?,45?/m1/s1. The molecule has 14 heteroatoms. The number of aromatic nitrogens is 1. The van der Waals surface area contributed by atoms with Crippen LogP contribution < -0.4 is 30.7 Å². The second kappa shape index (κ2) is 15.4. The third kappa shape index (κ3) is 7.28. The van der Waals surface area contributed by atoms with Crippen LogP contribution in [0.3, 0.4) is 0 Å². The monoisotopic (exact) mass is 824 g/mol. The van der Waals surface area contributed by atoms with Crippen LogP contribution >= 0.6 is 0 Å². The summed E-state index contributed by atoms with van der Waals surface area (Å²) in [5.74, 6) is 0.168. The molecule has 14 nitrogen and oxygen atoms in total. The van der Waals surface area contributed by atoms with Gasteiger partial charge in [0.25, 0.3) is 11.8 Å². The van der Waals surface area contributed by atoms with E-state index in [0.29, 0.717) is 52.2 Å². The highest BCUT2D eigenvalue weighted by Gasteiger charge is 2.64. The van der Waals surface area contributed by atoms with Gasteiger partial charge in [-0.2, -0.15) is 5.26 Å². The number of nitriles is 1. The first-order valence-electron chi connectivity index (χ1n) is 21.3. The minimum absolute atomic E-state index is 0.129. The molecule has 1 saturated carbocycles. The fourth-order valence-electron chi connectivity index (χ4n) is 10.9. The van der Waals surface area contributed by atoms with E-state index in [2.05, 4.69) is 70.1 Å². The number of piperazine rings is 1. The second-order valence-electron chi connectivity index (χ2n) is 18.6. The first kappa shape index (κ1) is 40.2.